The summed E-state index contributed by atoms with van der Waals surface area (Å²) in [5, 5.41) is 7.30. The average molecular weight is 231 g/mol. The van der Waals surface area contributed by atoms with Crippen LogP contribution in [0.3, 0.4) is 0 Å². The van der Waals surface area contributed by atoms with Crippen molar-refractivity contribution >= 4 is 0 Å². The van der Waals surface area contributed by atoms with E-state index < -0.39 is 0 Å². The van der Waals surface area contributed by atoms with Gasteiger partial charge in [0.2, 0.25) is 0 Å². The van der Waals surface area contributed by atoms with Gasteiger partial charge in [-0.1, -0.05) is 12.1 Å². The number of aromatic nitrogens is 2. The first kappa shape index (κ1) is 11.7. The zero-order chi connectivity index (χ0) is 12.3. The van der Waals surface area contributed by atoms with Crippen molar-refractivity contribution in [1.82, 2.24) is 10.2 Å². The number of ether oxygens (including phenoxy) is 1. The number of methoxy groups -OCH3 is 1. The van der Waals surface area contributed by atoms with Crippen molar-refractivity contribution < 1.29 is 4.74 Å². The van der Waals surface area contributed by atoms with Gasteiger partial charge in [-0.15, -0.1) is 0 Å². The highest BCUT2D eigenvalue weighted by Gasteiger charge is 2.12. The fourth-order valence-corrected chi connectivity index (χ4v) is 1.96. The van der Waals surface area contributed by atoms with Crippen LogP contribution in [0.1, 0.15) is 11.4 Å². The second-order valence-electron chi connectivity index (χ2n) is 3.94. The van der Waals surface area contributed by atoms with Crippen LogP contribution in [0, 0.1) is 6.92 Å². The Morgan fingerprint density at radius 2 is 2.24 bits per heavy atom. The van der Waals surface area contributed by atoms with Gasteiger partial charge in [-0.3, -0.25) is 5.10 Å². The van der Waals surface area contributed by atoms with E-state index in [9.17, 15) is 0 Å². The Morgan fingerprint density at radius 1 is 1.41 bits per heavy atom. The van der Waals surface area contributed by atoms with Crippen LogP contribution in [0.2, 0.25) is 0 Å². The largest absolute Gasteiger partial charge is 0.497 e. The van der Waals surface area contributed by atoms with Crippen LogP contribution in [0.25, 0.3) is 11.1 Å². The monoisotopic (exact) mass is 231 g/mol. The average Bonchev–Trinajstić information content (AvgIpc) is 2.71. The van der Waals surface area contributed by atoms with E-state index in [0.29, 0.717) is 6.54 Å². The number of benzene rings is 1. The molecule has 0 saturated carbocycles. The summed E-state index contributed by atoms with van der Waals surface area (Å²) in [5.74, 6) is 0.849. The number of nitrogens with zero attached hydrogens (tertiary/aromatic N) is 1. The molecule has 0 saturated heterocycles. The molecule has 1 heterocycles. The lowest BCUT2D eigenvalue weighted by atomic mass is 10.0. The maximum absolute atomic E-state index is 5.59. The molecule has 2 rings (SSSR count). The molecule has 0 bridgehead atoms. The molecular weight excluding hydrogens is 214 g/mol. The van der Waals surface area contributed by atoms with Crippen molar-refractivity contribution in [3.63, 3.8) is 0 Å². The molecule has 1 aromatic heterocycles. The quantitative estimate of drug-likeness (QED) is 0.844. The van der Waals surface area contributed by atoms with Crippen molar-refractivity contribution in [2.75, 3.05) is 13.7 Å². The fraction of sp³-hybridized carbons (Fsp3) is 0.308. The third kappa shape index (κ3) is 2.31. The molecule has 0 aliphatic heterocycles. The minimum atomic E-state index is 0.598. The first-order valence-corrected chi connectivity index (χ1v) is 5.64. The Hall–Kier alpha value is -1.81. The SMILES string of the molecule is COc1cccc(-c2c(CCN)n[nH]c2C)c1. The highest BCUT2D eigenvalue weighted by Crippen LogP contribution is 2.28. The van der Waals surface area contributed by atoms with E-state index >= 15 is 0 Å². The Bertz CT molecular complexity index is 505. The van der Waals surface area contributed by atoms with Crippen LogP contribution in [0.4, 0.5) is 0 Å². The molecule has 0 amide bonds. The van der Waals surface area contributed by atoms with E-state index in [1.807, 2.05) is 25.1 Å². The van der Waals surface area contributed by atoms with Gasteiger partial charge in [-0.2, -0.15) is 5.10 Å². The Morgan fingerprint density at radius 3 is 2.94 bits per heavy atom. The second-order valence-corrected chi connectivity index (χ2v) is 3.94. The molecule has 17 heavy (non-hydrogen) atoms. The summed E-state index contributed by atoms with van der Waals surface area (Å²) in [7, 11) is 1.67. The maximum Gasteiger partial charge on any atom is 0.119 e. The predicted octanol–water partition coefficient (Wildman–Crippen LogP) is 1.89. The molecule has 0 aliphatic rings. The molecule has 4 nitrogen and oxygen atoms in total. The Balaban J connectivity index is 2.47. The summed E-state index contributed by atoms with van der Waals surface area (Å²) in [5.41, 5.74) is 9.91. The molecule has 4 heteroatoms. The molecule has 0 fully saturated rings. The summed E-state index contributed by atoms with van der Waals surface area (Å²) in [4.78, 5) is 0. The lowest BCUT2D eigenvalue weighted by molar-refractivity contribution is 0.415. The highest BCUT2D eigenvalue weighted by molar-refractivity contribution is 5.69. The van der Waals surface area contributed by atoms with Crippen LogP contribution < -0.4 is 10.5 Å². The van der Waals surface area contributed by atoms with E-state index in [1.54, 1.807) is 7.11 Å². The van der Waals surface area contributed by atoms with Gasteiger partial charge < -0.3 is 10.5 Å². The number of nitrogens with two attached hydrogens (primary N) is 1. The first-order chi connectivity index (χ1) is 8.26. The molecule has 0 atom stereocenters. The van der Waals surface area contributed by atoms with Crippen LogP contribution in [0.15, 0.2) is 24.3 Å². The van der Waals surface area contributed by atoms with E-state index in [0.717, 1.165) is 34.7 Å². The zero-order valence-corrected chi connectivity index (χ0v) is 10.2. The lowest BCUT2D eigenvalue weighted by Gasteiger charge is -2.06. The van der Waals surface area contributed by atoms with Gasteiger partial charge in [-0.25, -0.2) is 0 Å². The smallest absolute Gasteiger partial charge is 0.119 e. The summed E-state index contributed by atoms with van der Waals surface area (Å²) in [6, 6.07) is 7.98. The van der Waals surface area contributed by atoms with Gasteiger partial charge >= 0.3 is 0 Å². The van der Waals surface area contributed by atoms with Crippen molar-refractivity contribution in [3.8, 4) is 16.9 Å². The van der Waals surface area contributed by atoms with Crippen molar-refractivity contribution in [1.29, 1.82) is 0 Å². The van der Waals surface area contributed by atoms with Gasteiger partial charge in [0, 0.05) is 17.7 Å². The number of H-pyrrole nitrogens is 1. The molecule has 3 N–H and O–H groups in total. The van der Waals surface area contributed by atoms with E-state index in [2.05, 4.69) is 16.3 Å². The van der Waals surface area contributed by atoms with Gasteiger partial charge in [0.1, 0.15) is 5.75 Å². The first-order valence-electron chi connectivity index (χ1n) is 5.64. The van der Waals surface area contributed by atoms with Crippen molar-refractivity contribution in [2.24, 2.45) is 5.73 Å². The normalized spacial score (nSPS) is 10.5. The molecule has 1 aromatic carbocycles. The van der Waals surface area contributed by atoms with Crippen LogP contribution in [-0.4, -0.2) is 23.9 Å². The highest BCUT2D eigenvalue weighted by atomic mass is 16.5. The van der Waals surface area contributed by atoms with Gasteiger partial charge in [-0.05, 0) is 31.2 Å². The van der Waals surface area contributed by atoms with E-state index in [-0.39, 0.29) is 0 Å². The Labute approximate surface area is 101 Å². The number of aromatic amines is 1. The van der Waals surface area contributed by atoms with Crippen LogP contribution in [-0.2, 0) is 6.42 Å². The number of hydrogen-bond donors (Lipinski definition) is 2. The standard InChI is InChI=1S/C13H17N3O/c1-9-13(12(6-7-14)16-15-9)10-4-3-5-11(8-10)17-2/h3-5,8H,6-7,14H2,1-2H3,(H,15,16). The predicted molar refractivity (Wildman–Crippen MR) is 68.1 cm³/mol. The lowest BCUT2D eigenvalue weighted by Crippen LogP contribution is -2.04. The van der Waals surface area contributed by atoms with Crippen molar-refractivity contribution in [2.45, 2.75) is 13.3 Å². The fourth-order valence-electron chi connectivity index (χ4n) is 1.96. The molecule has 90 valence electrons. The maximum atomic E-state index is 5.59. The number of nitrogens with one attached hydrogen (secondary N) is 1. The molecule has 0 aliphatic carbocycles. The number of aryl methyl sites for hydroxylation is 1. The number of hydrogen-bond acceptors (Lipinski definition) is 3. The van der Waals surface area contributed by atoms with Gasteiger partial charge in [0.05, 0.1) is 12.8 Å². The van der Waals surface area contributed by atoms with E-state index in [1.165, 1.54) is 0 Å². The molecule has 2 aromatic rings. The van der Waals surface area contributed by atoms with Crippen LogP contribution in [0.5, 0.6) is 5.75 Å². The zero-order valence-electron chi connectivity index (χ0n) is 10.2. The molecular formula is C13H17N3O. The van der Waals surface area contributed by atoms with E-state index in [4.69, 9.17) is 10.5 Å². The van der Waals surface area contributed by atoms with Crippen LogP contribution >= 0.6 is 0 Å². The molecule has 0 spiro atoms. The number of rotatable bonds is 4. The van der Waals surface area contributed by atoms with Crippen molar-refractivity contribution in [3.05, 3.63) is 35.7 Å². The topological polar surface area (TPSA) is 63.9 Å². The summed E-state index contributed by atoms with van der Waals surface area (Å²) in [6.07, 6.45) is 0.775. The minimum absolute atomic E-state index is 0.598. The summed E-state index contributed by atoms with van der Waals surface area (Å²) < 4.78 is 5.24. The van der Waals surface area contributed by atoms with Gasteiger partial charge in [0.15, 0.2) is 0 Å². The summed E-state index contributed by atoms with van der Waals surface area (Å²) >= 11 is 0. The van der Waals surface area contributed by atoms with Gasteiger partial charge in [0.25, 0.3) is 0 Å². The summed E-state index contributed by atoms with van der Waals surface area (Å²) in [6.45, 7) is 2.61. The Kier molecular flexibility index (Phi) is 3.44. The molecule has 0 unspecified atom stereocenters. The second kappa shape index (κ2) is 5.01. The third-order valence-electron chi connectivity index (χ3n) is 2.76. The third-order valence-corrected chi connectivity index (χ3v) is 2.76. The molecule has 0 radical (unpaired) electrons. The minimum Gasteiger partial charge on any atom is -0.497 e.